The lowest BCUT2D eigenvalue weighted by Gasteiger charge is -2.11. The SMILES string of the molecule is CC.CC.Cc1cc(CCNS(C)(=O)=O)cc(OC[C@H](F)CN)c1. The van der Waals surface area contributed by atoms with E-state index in [1.54, 1.807) is 12.1 Å². The number of sulfonamides is 1. The van der Waals surface area contributed by atoms with Crippen molar-refractivity contribution in [2.75, 3.05) is 26.0 Å². The molecule has 0 fully saturated rings. The van der Waals surface area contributed by atoms with Crippen LogP contribution in [0, 0.1) is 6.92 Å². The third-order valence-electron chi connectivity index (χ3n) is 2.58. The van der Waals surface area contributed by atoms with Gasteiger partial charge in [-0.05, 0) is 36.6 Å². The summed E-state index contributed by atoms with van der Waals surface area (Å²) in [6.45, 7) is 10.1. The Hall–Kier alpha value is -1.18. The maximum Gasteiger partial charge on any atom is 0.208 e. The normalized spacial score (nSPS) is 11.5. The lowest BCUT2D eigenvalue weighted by Crippen LogP contribution is -2.24. The summed E-state index contributed by atoms with van der Waals surface area (Å²) in [5.41, 5.74) is 7.08. The molecule has 5 nitrogen and oxygen atoms in total. The first-order valence-electron chi connectivity index (χ1n) is 8.32. The van der Waals surface area contributed by atoms with Gasteiger partial charge in [-0.15, -0.1) is 0 Å². The number of benzene rings is 1. The van der Waals surface area contributed by atoms with Crippen molar-refractivity contribution in [3.63, 3.8) is 0 Å². The summed E-state index contributed by atoms with van der Waals surface area (Å²) in [6, 6.07) is 5.52. The Morgan fingerprint density at radius 2 is 1.79 bits per heavy atom. The van der Waals surface area contributed by atoms with Gasteiger partial charge in [-0.1, -0.05) is 33.8 Å². The average Bonchev–Trinajstić information content (AvgIpc) is 2.54. The van der Waals surface area contributed by atoms with Crippen LogP contribution in [0.2, 0.25) is 0 Å². The fraction of sp³-hybridized carbons (Fsp3) is 0.647. The van der Waals surface area contributed by atoms with Gasteiger partial charge in [-0.2, -0.15) is 0 Å². The smallest absolute Gasteiger partial charge is 0.208 e. The highest BCUT2D eigenvalue weighted by Crippen LogP contribution is 2.17. The van der Waals surface area contributed by atoms with Gasteiger partial charge in [0.2, 0.25) is 10.0 Å². The van der Waals surface area contributed by atoms with Gasteiger partial charge >= 0.3 is 0 Å². The number of hydrogen-bond donors (Lipinski definition) is 2. The molecule has 0 saturated heterocycles. The topological polar surface area (TPSA) is 81.4 Å². The van der Waals surface area contributed by atoms with Crippen LogP contribution in [0.25, 0.3) is 0 Å². The first-order valence-corrected chi connectivity index (χ1v) is 10.2. The number of rotatable bonds is 8. The molecule has 24 heavy (non-hydrogen) atoms. The van der Waals surface area contributed by atoms with Gasteiger partial charge in [-0.3, -0.25) is 0 Å². The fourth-order valence-corrected chi connectivity index (χ4v) is 2.16. The molecule has 1 atom stereocenters. The van der Waals surface area contributed by atoms with Crippen LogP contribution in [0.3, 0.4) is 0 Å². The molecule has 0 heterocycles. The molecule has 0 aliphatic carbocycles. The van der Waals surface area contributed by atoms with Crippen LogP contribution in [-0.4, -0.2) is 40.5 Å². The number of ether oxygens (including phenoxy) is 1. The molecule has 0 spiro atoms. The van der Waals surface area contributed by atoms with Gasteiger partial charge in [0.15, 0.2) is 0 Å². The van der Waals surface area contributed by atoms with E-state index in [-0.39, 0.29) is 13.2 Å². The number of aryl methyl sites for hydroxylation is 1. The predicted molar refractivity (Wildman–Crippen MR) is 99.9 cm³/mol. The Labute approximate surface area is 146 Å². The molecule has 0 amide bonds. The molecule has 7 heteroatoms. The van der Waals surface area contributed by atoms with Crippen molar-refractivity contribution < 1.29 is 17.5 Å². The Morgan fingerprint density at radius 3 is 2.29 bits per heavy atom. The van der Waals surface area contributed by atoms with Crippen LogP contribution in [0.15, 0.2) is 18.2 Å². The minimum Gasteiger partial charge on any atom is -0.490 e. The number of alkyl halides is 1. The summed E-state index contributed by atoms with van der Waals surface area (Å²) < 4.78 is 42.7. The van der Waals surface area contributed by atoms with Crippen LogP contribution < -0.4 is 15.2 Å². The summed E-state index contributed by atoms with van der Waals surface area (Å²) >= 11 is 0. The lowest BCUT2D eigenvalue weighted by molar-refractivity contribution is 0.201. The molecule has 0 aromatic heterocycles. The summed E-state index contributed by atoms with van der Waals surface area (Å²) in [5, 5.41) is 0. The van der Waals surface area contributed by atoms with Crippen molar-refractivity contribution in [1.82, 2.24) is 4.72 Å². The maximum absolute atomic E-state index is 13.0. The van der Waals surface area contributed by atoms with Crippen molar-refractivity contribution in [2.24, 2.45) is 5.73 Å². The largest absolute Gasteiger partial charge is 0.490 e. The van der Waals surface area contributed by atoms with Crippen LogP contribution in [-0.2, 0) is 16.4 Å². The maximum atomic E-state index is 13.0. The molecule has 0 aliphatic heterocycles. The van der Waals surface area contributed by atoms with Crippen LogP contribution >= 0.6 is 0 Å². The zero-order chi connectivity index (χ0) is 19.2. The monoisotopic (exact) mass is 364 g/mol. The van der Waals surface area contributed by atoms with Crippen molar-refractivity contribution in [3.8, 4) is 5.75 Å². The molecule has 0 radical (unpaired) electrons. The Kier molecular flexibility index (Phi) is 14.8. The fourth-order valence-electron chi connectivity index (χ4n) is 1.69. The van der Waals surface area contributed by atoms with Crippen molar-refractivity contribution >= 4 is 10.0 Å². The summed E-state index contributed by atoms with van der Waals surface area (Å²) in [5.74, 6) is 0.565. The second kappa shape index (κ2) is 14.2. The molecule has 0 saturated carbocycles. The van der Waals surface area contributed by atoms with E-state index in [1.165, 1.54) is 0 Å². The van der Waals surface area contributed by atoms with Crippen LogP contribution in [0.1, 0.15) is 38.8 Å². The number of nitrogens with two attached hydrogens (primary N) is 1. The quantitative estimate of drug-likeness (QED) is 0.743. The molecule has 1 rings (SSSR count). The molecule has 0 aliphatic rings. The second-order valence-electron chi connectivity index (χ2n) is 4.71. The third-order valence-corrected chi connectivity index (χ3v) is 3.30. The predicted octanol–water partition coefficient (Wildman–Crippen LogP) is 2.81. The molecule has 3 N–H and O–H groups in total. The first-order chi connectivity index (χ1) is 11.3. The van der Waals surface area contributed by atoms with Gasteiger partial charge < -0.3 is 10.5 Å². The number of nitrogens with one attached hydrogen (secondary N) is 1. The highest BCUT2D eigenvalue weighted by Gasteiger charge is 2.06. The number of halogens is 1. The molecule has 0 unspecified atom stereocenters. The van der Waals surface area contributed by atoms with E-state index in [2.05, 4.69) is 4.72 Å². The highest BCUT2D eigenvalue weighted by molar-refractivity contribution is 7.88. The summed E-state index contributed by atoms with van der Waals surface area (Å²) in [6.07, 6.45) is 0.471. The van der Waals surface area contributed by atoms with Gasteiger partial charge in [0, 0.05) is 13.1 Å². The first kappa shape index (κ1) is 25.1. The minimum atomic E-state index is -3.18. The van der Waals surface area contributed by atoms with Gasteiger partial charge in [-0.25, -0.2) is 17.5 Å². The van der Waals surface area contributed by atoms with Crippen LogP contribution in [0.5, 0.6) is 5.75 Å². The lowest BCUT2D eigenvalue weighted by atomic mass is 10.1. The summed E-state index contributed by atoms with van der Waals surface area (Å²) in [7, 11) is -3.18. The van der Waals surface area contributed by atoms with E-state index in [0.717, 1.165) is 17.4 Å². The van der Waals surface area contributed by atoms with E-state index >= 15 is 0 Å². The number of hydrogen-bond acceptors (Lipinski definition) is 4. The zero-order valence-corrected chi connectivity index (χ0v) is 16.5. The highest BCUT2D eigenvalue weighted by atomic mass is 32.2. The second-order valence-corrected chi connectivity index (χ2v) is 6.55. The van der Waals surface area contributed by atoms with Crippen LogP contribution in [0.4, 0.5) is 4.39 Å². The van der Waals surface area contributed by atoms with Gasteiger partial charge in [0.25, 0.3) is 0 Å². The molecule has 0 bridgehead atoms. The zero-order valence-electron chi connectivity index (χ0n) is 15.7. The minimum absolute atomic E-state index is 0.0725. The standard InChI is InChI=1S/C13H21FN2O3S.2C2H6/c1-10-5-11(3-4-16-20(2,17)18)7-13(6-10)19-9-12(14)8-15;2*1-2/h5-7,12,16H,3-4,8-9,15H2,1-2H3;2*1-2H3/t12-;;/m1../s1. The van der Waals surface area contributed by atoms with E-state index < -0.39 is 16.2 Å². The molecular weight excluding hydrogens is 331 g/mol. The van der Waals surface area contributed by atoms with Crippen molar-refractivity contribution in [2.45, 2.75) is 47.2 Å². The van der Waals surface area contributed by atoms with Crippen molar-refractivity contribution in [3.05, 3.63) is 29.3 Å². The third kappa shape index (κ3) is 13.3. The van der Waals surface area contributed by atoms with Gasteiger partial charge in [0.05, 0.1) is 6.26 Å². The van der Waals surface area contributed by atoms with Crippen molar-refractivity contribution in [1.29, 1.82) is 0 Å². The Morgan fingerprint density at radius 1 is 1.21 bits per heavy atom. The van der Waals surface area contributed by atoms with E-state index in [1.807, 2.05) is 40.7 Å². The van der Waals surface area contributed by atoms with E-state index in [9.17, 15) is 12.8 Å². The Bertz CT molecular complexity index is 537. The molecule has 1 aromatic rings. The summed E-state index contributed by atoms with van der Waals surface area (Å²) in [4.78, 5) is 0. The van der Waals surface area contributed by atoms with E-state index in [0.29, 0.717) is 18.7 Å². The van der Waals surface area contributed by atoms with Gasteiger partial charge in [0.1, 0.15) is 18.5 Å². The Balaban J connectivity index is 0. The molecular formula is C17H33FN2O3S. The molecule has 1 aromatic carbocycles. The average molecular weight is 365 g/mol. The van der Waals surface area contributed by atoms with E-state index in [4.69, 9.17) is 10.5 Å². The molecule has 142 valence electrons.